The number of hydrogen-bond donors (Lipinski definition) is 5. The highest BCUT2D eigenvalue weighted by molar-refractivity contribution is 5.80. The Bertz CT molecular complexity index is 1290. The van der Waals surface area contributed by atoms with E-state index in [9.17, 15) is 25.2 Å². The molecule has 5 N–H and O–H groups in total. The molecule has 0 aromatic heterocycles. The summed E-state index contributed by atoms with van der Waals surface area (Å²) in [4.78, 5) is 12.6. The zero-order chi connectivity index (χ0) is 55.1. The van der Waals surface area contributed by atoms with Gasteiger partial charge in [-0.05, 0) is 96.3 Å². The molecular weight excluding hydrogens is 935 g/mol. The zero-order valence-corrected chi connectivity index (χ0v) is 50.8. The summed E-state index contributed by atoms with van der Waals surface area (Å²) in [5.41, 5.74) is 0. The van der Waals surface area contributed by atoms with E-state index in [1.165, 1.54) is 257 Å². The lowest BCUT2D eigenvalue weighted by Crippen LogP contribution is -2.53. The predicted octanol–water partition coefficient (Wildman–Crippen LogP) is 20.7. The third kappa shape index (κ3) is 56.7. The molecule has 0 heterocycles. The standard InChI is InChI=1S/C70H131NO5/c1-3-5-7-9-11-13-15-17-19-21-23-25-27-29-30-31-32-33-34-35-36-37-38-39-40-42-44-46-48-50-52-54-56-58-60-62-64-68(74)70(76)71-66(65-72)69(75)67(73)63-61-59-57-55-53-51-49-47-45-43-41-28-26-24-22-20-18-16-14-12-10-8-6-4-2/h28,30-31,33-34,41,47,49,55,57,66-69,72-75H,3-27,29,32,35-40,42-46,48,50-54,56,58-65H2,1-2H3,(H,71,76)/b31-30-,34-33-,41-28+,49-47+,57-55+. The minimum absolute atomic E-state index is 0.358. The van der Waals surface area contributed by atoms with Crippen molar-refractivity contribution in [2.45, 2.75) is 372 Å². The second-order valence-electron chi connectivity index (χ2n) is 23.1. The Morgan fingerprint density at radius 3 is 0.908 bits per heavy atom. The molecule has 6 heteroatoms. The van der Waals surface area contributed by atoms with Crippen molar-refractivity contribution in [3.05, 3.63) is 60.8 Å². The van der Waals surface area contributed by atoms with Gasteiger partial charge >= 0.3 is 0 Å². The van der Waals surface area contributed by atoms with E-state index >= 15 is 0 Å². The van der Waals surface area contributed by atoms with Gasteiger partial charge in [0.05, 0.1) is 18.8 Å². The molecule has 0 rings (SSSR count). The fourth-order valence-electron chi connectivity index (χ4n) is 10.4. The van der Waals surface area contributed by atoms with Crippen molar-refractivity contribution < 1.29 is 25.2 Å². The number of allylic oxidation sites excluding steroid dienone is 10. The van der Waals surface area contributed by atoms with Crippen LogP contribution < -0.4 is 5.32 Å². The molecule has 4 unspecified atom stereocenters. The molecular formula is C70H131NO5. The average molecular weight is 1070 g/mol. The molecule has 0 aliphatic carbocycles. The van der Waals surface area contributed by atoms with Gasteiger partial charge in [0, 0.05) is 0 Å². The van der Waals surface area contributed by atoms with Crippen molar-refractivity contribution in [1.29, 1.82) is 0 Å². The second kappa shape index (κ2) is 63.8. The Balaban J connectivity index is 3.62. The number of unbranched alkanes of at least 4 members (excludes halogenated alkanes) is 43. The fraction of sp³-hybridized carbons (Fsp3) is 0.843. The highest BCUT2D eigenvalue weighted by Gasteiger charge is 2.28. The van der Waals surface area contributed by atoms with Crippen LogP contribution in [0.2, 0.25) is 0 Å². The number of rotatable bonds is 62. The molecule has 0 aliphatic heterocycles. The predicted molar refractivity (Wildman–Crippen MR) is 334 cm³/mol. The van der Waals surface area contributed by atoms with E-state index < -0.39 is 36.9 Å². The van der Waals surface area contributed by atoms with E-state index in [2.05, 4.69) is 79.9 Å². The summed E-state index contributed by atoms with van der Waals surface area (Å²) in [5, 5.41) is 44.1. The van der Waals surface area contributed by atoms with E-state index in [0.29, 0.717) is 19.3 Å². The summed E-state index contributed by atoms with van der Waals surface area (Å²) in [6.45, 7) is 4.08. The topological polar surface area (TPSA) is 110 Å². The SMILES string of the molecule is CCCCCCCCCCCCC/C=C/CC/C=C/CC/C=C/CCCC(O)C(O)C(CO)NC(=O)C(O)CCCCCCCCCCCCCCCCCC/C=C\C/C=C\CCCCCCCCCCCCCCC. The lowest BCUT2D eigenvalue weighted by molar-refractivity contribution is -0.132. The van der Waals surface area contributed by atoms with Crippen molar-refractivity contribution in [2.75, 3.05) is 6.61 Å². The van der Waals surface area contributed by atoms with Crippen molar-refractivity contribution in [3.8, 4) is 0 Å². The van der Waals surface area contributed by atoms with Gasteiger partial charge in [0.25, 0.3) is 0 Å². The Hall–Kier alpha value is -1.99. The third-order valence-corrected chi connectivity index (χ3v) is 15.7. The number of nitrogens with one attached hydrogen (secondary N) is 1. The maximum absolute atomic E-state index is 12.6. The molecule has 1 amide bonds. The van der Waals surface area contributed by atoms with Crippen LogP contribution >= 0.6 is 0 Å². The largest absolute Gasteiger partial charge is 0.394 e. The van der Waals surface area contributed by atoms with Crippen LogP contribution in [0.5, 0.6) is 0 Å². The summed E-state index contributed by atoms with van der Waals surface area (Å²) in [6, 6.07) is -1.02. The van der Waals surface area contributed by atoms with Gasteiger partial charge in [-0.3, -0.25) is 4.79 Å². The van der Waals surface area contributed by atoms with E-state index in [4.69, 9.17) is 0 Å². The third-order valence-electron chi connectivity index (χ3n) is 15.7. The fourth-order valence-corrected chi connectivity index (χ4v) is 10.4. The van der Waals surface area contributed by atoms with Crippen LogP contribution in [0.1, 0.15) is 348 Å². The minimum atomic E-state index is -1.30. The molecule has 0 spiro atoms. The molecule has 0 fully saturated rings. The highest BCUT2D eigenvalue weighted by Crippen LogP contribution is 2.18. The highest BCUT2D eigenvalue weighted by atomic mass is 16.3. The van der Waals surface area contributed by atoms with Crippen LogP contribution in [-0.4, -0.2) is 57.3 Å². The summed E-state index contributed by atoms with van der Waals surface area (Å²) >= 11 is 0. The first kappa shape index (κ1) is 74.0. The summed E-state index contributed by atoms with van der Waals surface area (Å²) in [5.74, 6) is -0.597. The summed E-state index contributed by atoms with van der Waals surface area (Å²) < 4.78 is 0. The molecule has 0 saturated heterocycles. The first-order valence-electron chi connectivity index (χ1n) is 33.7. The molecule has 446 valence electrons. The Morgan fingerprint density at radius 1 is 0.329 bits per heavy atom. The van der Waals surface area contributed by atoms with Gasteiger partial charge in [0.15, 0.2) is 0 Å². The molecule has 0 radical (unpaired) electrons. The van der Waals surface area contributed by atoms with E-state index in [1.54, 1.807) is 0 Å². The number of aliphatic hydroxyl groups is 4. The Morgan fingerprint density at radius 2 is 0.592 bits per heavy atom. The maximum Gasteiger partial charge on any atom is 0.249 e. The molecule has 0 bridgehead atoms. The smallest absolute Gasteiger partial charge is 0.249 e. The summed E-state index contributed by atoms with van der Waals surface area (Å²) in [7, 11) is 0. The monoisotopic (exact) mass is 1070 g/mol. The van der Waals surface area contributed by atoms with Crippen LogP contribution in [0.3, 0.4) is 0 Å². The summed E-state index contributed by atoms with van der Waals surface area (Å²) in [6.07, 6.45) is 84.8. The van der Waals surface area contributed by atoms with Gasteiger partial charge in [-0.15, -0.1) is 0 Å². The quantitative estimate of drug-likeness (QED) is 0.0308. The Labute approximate surface area is 473 Å². The van der Waals surface area contributed by atoms with Gasteiger partial charge < -0.3 is 25.7 Å². The van der Waals surface area contributed by atoms with Crippen molar-refractivity contribution in [2.24, 2.45) is 0 Å². The van der Waals surface area contributed by atoms with Crippen molar-refractivity contribution in [3.63, 3.8) is 0 Å². The van der Waals surface area contributed by atoms with E-state index in [-0.39, 0.29) is 0 Å². The number of carbonyl (C=O) groups excluding carboxylic acids is 1. The lowest BCUT2D eigenvalue weighted by atomic mass is 10.00. The second-order valence-corrected chi connectivity index (χ2v) is 23.1. The minimum Gasteiger partial charge on any atom is -0.394 e. The molecule has 0 aliphatic rings. The van der Waals surface area contributed by atoms with E-state index in [1.807, 2.05) is 0 Å². The number of carbonyl (C=O) groups is 1. The van der Waals surface area contributed by atoms with Crippen LogP contribution in [0, 0.1) is 0 Å². The Kier molecular flexibility index (Phi) is 62.2. The van der Waals surface area contributed by atoms with Crippen molar-refractivity contribution in [1.82, 2.24) is 5.32 Å². The van der Waals surface area contributed by atoms with E-state index in [0.717, 1.165) is 57.8 Å². The van der Waals surface area contributed by atoms with Gasteiger partial charge in [-0.25, -0.2) is 0 Å². The van der Waals surface area contributed by atoms with Gasteiger partial charge in [-0.2, -0.15) is 0 Å². The van der Waals surface area contributed by atoms with Crippen LogP contribution in [0.4, 0.5) is 0 Å². The number of amides is 1. The van der Waals surface area contributed by atoms with Crippen molar-refractivity contribution >= 4 is 5.91 Å². The average Bonchev–Trinajstić information content (AvgIpc) is 3.42. The molecule has 4 atom stereocenters. The molecule has 76 heavy (non-hydrogen) atoms. The number of aliphatic hydroxyl groups excluding tert-OH is 4. The van der Waals surface area contributed by atoms with Crippen LogP contribution in [-0.2, 0) is 4.79 Å². The number of hydrogen-bond acceptors (Lipinski definition) is 5. The molecule has 0 aromatic carbocycles. The molecule has 0 aromatic rings. The van der Waals surface area contributed by atoms with Gasteiger partial charge in [0.1, 0.15) is 12.2 Å². The normalized spacial score (nSPS) is 13.9. The lowest BCUT2D eigenvalue weighted by Gasteiger charge is -2.27. The van der Waals surface area contributed by atoms with Gasteiger partial charge in [-0.1, -0.05) is 312 Å². The molecule has 6 nitrogen and oxygen atoms in total. The first-order valence-corrected chi connectivity index (χ1v) is 33.7. The van der Waals surface area contributed by atoms with Gasteiger partial charge in [0.2, 0.25) is 5.91 Å². The first-order chi connectivity index (χ1) is 37.5. The van der Waals surface area contributed by atoms with Crippen LogP contribution in [0.15, 0.2) is 60.8 Å². The molecule has 0 saturated carbocycles. The maximum atomic E-state index is 12.6. The zero-order valence-electron chi connectivity index (χ0n) is 50.8. The van der Waals surface area contributed by atoms with Crippen LogP contribution in [0.25, 0.3) is 0 Å².